The van der Waals surface area contributed by atoms with E-state index in [0.29, 0.717) is 24.3 Å². The van der Waals surface area contributed by atoms with Gasteiger partial charge in [-0.2, -0.15) is 10.2 Å². The summed E-state index contributed by atoms with van der Waals surface area (Å²) in [6.45, 7) is 2.91. The Morgan fingerprint density at radius 3 is 2.80 bits per heavy atom. The Kier molecular flexibility index (Phi) is 5.85. The van der Waals surface area contributed by atoms with E-state index in [1.807, 2.05) is 72.3 Å². The Hall–Kier alpha value is -3.52. The molecule has 0 aliphatic carbocycles. The molecule has 0 saturated heterocycles. The predicted octanol–water partition coefficient (Wildman–Crippen LogP) is 3.81. The second-order valence-corrected chi connectivity index (χ2v) is 7.42. The summed E-state index contributed by atoms with van der Waals surface area (Å²) in [6, 6.07) is 17.9. The number of carbonyl (C=O) groups is 1. The third-order valence-corrected chi connectivity index (χ3v) is 5.06. The minimum atomic E-state index is -0.0549. The summed E-state index contributed by atoms with van der Waals surface area (Å²) in [5, 5.41) is 14.5. The van der Waals surface area contributed by atoms with Gasteiger partial charge in [0.2, 0.25) is 5.91 Å². The molecule has 0 atom stereocenters. The maximum absolute atomic E-state index is 12.4. The summed E-state index contributed by atoms with van der Waals surface area (Å²) in [6.07, 6.45) is 3.98. The van der Waals surface area contributed by atoms with Crippen molar-refractivity contribution in [1.29, 1.82) is 0 Å². The van der Waals surface area contributed by atoms with Gasteiger partial charge < -0.3 is 5.32 Å². The highest BCUT2D eigenvalue weighted by molar-refractivity contribution is 7.71. The van der Waals surface area contributed by atoms with Crippen molar-refractivity contribution in [3.05, 3.63) is 82.9 Å². The zero-order valence-electron chi connectivity index (χ0n) is 16.6. The van der Waals surface area contributed by atoms with Crippen molar-refractivity contribution >= 4 is 18.1 Å². The molecule has 0 radical (unpaired) electrons. The van der Waals surface area contributed by atoms with E-state index < -0.39 is 0 Å². The molecule has 8 heteroatoms. The summed E-state index contributed by atoms with van der Waals surface area (Å²) < 4.78 is 4.15. The van der Waals surface area contributed by atoms with Gasteiger partial charge in [0.15, 0.2) is 10.6 Å². The van der Waals surface area contributed by atoms with Crippen molar-refractivity contribution in [3.8, 4) is 17.1 Å². The average Bonchev–Trinajstić information content (AvgIpc) is 3.38. The minimum absolute atomic E-state index is 0.0549. The molecular weight excluding hydrogens is 396 g/mol. The third kappa shape index (κ3) is 4.55. The number of hydrogen-bond donors (Lipinski definition) is 2. The quantitative estimate of drug-likeness (QED) is 0.447. The lowest BCUT2D eigenvalue weighted by molar-refractivity contribution is -0.121. The fourth-order valence-electron chi connectivity index (χ4n) is 3.21. The van der Waals surface area contributed by atoms with E-state index in [1.54, 1.807) is 10.9 Å². The zero-order chi connectivity index (χ0) is 20.9. The maximum Gasteiger partial charge on any atom is 0.222 e. The largest absolute Gasteiger partial charge is 0.352 e. The first-order chi connectivity index (χ1) is 14.6. The second-order valence-electron chi connectivity index (χ2n) is 7.03. The number of rotatable bonds is 7. The Morgan fingerprint density at radius 1 is 1.17 bits per heavy atom. The number of aryl methyl sites for hydroxylation is 1. The average molecular weight is 419 g/mol. The second kappa shape index (κ2) is 8.87. The van der Waals surface area contributed by atoms with Crippen LogP contribution in [0.2, 0.25) is 0 Å². The van der Waals surface area contributed by atoms with Gasteiger partial charge in [-0.05, 0) is 37.3 Å². The molecule has 2 aromatic carbocycles. The molecule has 0 bridgehead atoms. The van der Waals surface area contributed by atoms with E-state index in [-0.39, 0.29) is 5.91 Å². The van der Waals surface area contributed by atoms with E-state index in [1.165, 1.54) is 0 Å². The number of para-hydroxylation sites is 1. The maximum atomic E-state index is 12.4. The summed E-state index contributed by atoms with van der Waals surface area (Å²) in [4.78, 5) is 12.4. The number of nitrogens with one attached hydrogen (secondary N) is 2. The van der Waals surface area contributed by atoms with Crippen LogP contribution in [-0.2, 0) is 17.9 Å². The normalized spacial score (nSPS) is 10.8. The number of aromatic amines is 1. The lowest BCUT2D eigenvalue weighted by atomic mass is 10.1. The van der Waals surface area contributed by atoms with Gasteiger partial charge in [-0.1, -0.05) is 42.0 Å². The Morgan fingerprint density at radius 2 is 2.00 bits per heavy atom. The molecule has 0 spiro atoms. The Labute approximate surface area is 179 Å². The Balaban J connectivity index is 1.36. The number of aromatic nitrogens is 5. The van der Waals surface area contributed by atoms with Gasteiger partial charge in [0.05, 0.1) is 11.9 Å². The first-order valence-corrected chi connectivity index (χ1v) is 10.1. The molecule has 2 N–H and O–H groups in total. The molecule has 7 nitrogen and oxygen atoms in total. The van der Waals surface area contributed by atoms with Crippen molar-refractivity contribution in [1.82, 2.24) is 29.9 Å². The van der Waals surface area contributed by atoms with E-state index in [9.17, 15) is 4.79 Å². The topological polar surface area (TPSA) is 80.5 Å². The predicted molar refractivity (Wildman–Crippen MR) is 118 cm³/mol. The number of amides is 1. The van der Waals surface area contributed by atoms with E-state index in [2.05, 4.69) is 20.6 Å². The van der Waals surface area contributed by atoms with Crippen LogP contribution in [0.15, 0.2) is 67.0 Å². The number of nitrogens with zero attached hydrogens (tertiary/aromatic N) is 4. The third-order valence-electron chi connectivity index (χ3n) is 4.74. The fraction of sp³-hybridized carbons (Fsp3) is 0.182. The van der Waals surface area contributed by atoms with Gasteiger partial charge >= 0.3 is 0 Å². The van der Waals surface area contributed by atoms with Crippen molar-refractivity contribution < 1.29 is 4.79 Å². The molecule has 2 aromatic heterocycles. The van der Waals surface area contributed by atoms with Crippen LogP contribution in [0, 0.1) is 11.7 Å². The summed E-state index contributed by atoms with van der Waals surface area (Å²) >= 11 is 5.35. The molecular formula is C22H22N6OS. The van der Waals surface area contributed by atoms with Gasteiger partial charge in [-0.25, -0.2) is 4.68 Å². The lowest BCUT2D eigenvalue weighted by Crippen LogP contribution is -2.24. The van der Waals surface area contributed by atoms with Crippen molar-refractivity contribution in [2.24, 2.45) is 0 Å². The summed E-state index contributed by atoms with van der Waals surface area (Å²) in [7, 11) is 0. The molecule has 30 heavy (non-hydrogen) atoms. The summed E-state index contributed by atoms with van der Waals surface area (Å²) in [5.74, 6) is 0.682. The van der Waals surface area contributed by atoms with Gasteiger partial charge in [0.25, 0.3) is 0 Å². The molecule has 0 unspecified atom stereocenters. The van der Waals surface area contributed by atoms with Crippen LogP contribution >= 0.6 is 12.2 Å². The smallest absolute Gasteiger partial charge is 0.222 e. The molecule has 2 heterocycles. The van der Waals surface area contributed by atoms with Crippen molar-refractivity contribution in [2.45, 2.75) is 26.4 Å². The number of H-pyrrole nitrogens is 1. The van der Waals surface area contributed by atoms with E-state index in [0.717, 1.165) is 28.2 Å². The van der Waals surface area contributed by atoms with Gasteiger partial charge in [0.1, 0.15) is 0 Å². The first-order valence-electron chi connectivity index (χ1n) is 9.68. The SMILES string of the molecule is Cc1cccc(-c2n[nH]c(=S)n2CCC(=O)NCc2cnn(-c3ccccc3)c2)c1. The number of benzene rings is 2. The fourth-order valence-corrected chi connectivity index (χ4v) is 3.43. The highest BCUT2D eigenvalue weighted by Gasteiger charge is 2.11. The van der Waals surface area contributed by atoms with Crippen LogP contribution < -0.4 is 5.32 Å². The monoisotopic (exact) mass is 418 g/mol. The molecule has 0 aliphatic rings. The minimum Gasteiger partial charge on any atom is -0.352 e. The van der Waals surface area contributed by atoms with Crippen LogP contribution in [0.1, 0.15) is 17.5 Å². The van der Waals surface area contributed by atoms with Gasteiger partial charge in [-0.15, -0.1) is 0 Å². The van der Waals surface area contributed by atoms with Crippen LogP contribution in [0.5, 0.6) is 0 Å². The molecule has 0 aliphatic heterocycles. The molecule has 4 aromatic rings. The van der Waals surface area contributed by atoms with Gasteiger partial charge in [-0.3, -0.25) is 14.5 Å². The van der Waals surface area contributed by atoms with Gasteiger partial charge in [0, 0.05) is 36.8 Å². The van der Waals surface area contributed by atoms with Crippen molar-refractivity contribution in [3.63, 3.8) is 0 Å². The molecule has 0 fully saturated rings. The van der Waals surface area contributed by atoms with Crippen LogP contribution in [0.25, 0.3) is 17.1 Å². The zero-order valence-corrected chi connectivity index (χ0v) is 17.4. The number of carbonyl (C=O) groups excluding carboxylic acids is 1. The molecule has 152 valence electrons. The van der Waals surface area contributed by atoms with E-state index in [4.69, 9.17) is 12.2 Å². The standard InChI is InChI=1S/C22H22N6OS/c1-16-6-5-7-18(12-16)21-25-26-22(30)27(21)11-10-20(29)23-13-17-14-24-28(15-17)19-8-3-2-4-9-19/h2-9,12,14-15H,10-11,13H2,1H3,(H,23,29)(H,26,30). The molecule has 0 saturated carbocycles. The van der Waals surface area contributed by atoms with Crippen molar-refractivity contribution in [2.75, 3.05) is 0 Å². The van der Waals surface area contributed by atoms with E-state index >= 15 is 0 Å². The molecule has 4 rings (SSSR count). The Bertz CT molecular complexity index is 1210. The highest BCUT2D eigenvalue weighted by Crippen LogP contribution is 2.18. The first kappa shape index (κ1) is 19.8. The summed E-state index contributed by atoms with van der Waals surface area (Å²) in [5.41, 5.74) is 4.03. The molecule has 1 amide bonds. The van der Waals surface area contributed by atoms with Crippen LogP contribution in [0.4, 0.5) is 0 Å². The lowest BCUT2D eigenvalue weighted by Gasteiger charge is -2.08. The highest BCUT2D eigenvalue weighted by atomic mass is 32.1. The van der Waals surface area contributed by atoms with Crippen LogP contribution in [-0.4, -0.2) is 30.5 Å². The van der Waals surface area contributed by atoms with Crippen LogP contribution in [0.3, 0.4) is 0 Å². The number of hydrogen-bond acceptors (Lipinski definition) is 4.